The quantitative estimate of drug-likeness (QED) is 0.175. The molecule has 1 amide bonds. The number of aliphatic hydroxyl groups excluding tert-OH is 4. The number of methoxy groups -OCH3 is 1. The molecule has 0 saturated heterocycles. The van der Waals surface area contributed by atoms with Crippen molar-refractivity contribution < 1.29 is 34.8 Å². The predicted octanol–water partition coefficient (Wildman–Crippen LogP) is -2.89. The van der Waals surface area contributed by atoms with Crippen LogP contribution in [-0.4, -0.2) is 84.0 Å². The Morgan fingerprint density at radius 1 is 0.955 bits per heavy atom. The van der Waals surface area contributed by atoms with Crippen molar-refractivity contribution in [2.75, 3.05) is 27.2 Å². The van der Waals surface area contributed by atoms with Gasteiger partial charge in [0.2, 0.25) is 0 Å². The van der Waals surface area contributed by atoms with Gasteiger partial charge in [-0.3, -0.25) is 4.79 Å². The maximum Gasteiger partial charge on any atom is 0.337 e. The third-order valence-corrected chi connectivity index (χ3v) is 3.11. The highest BCUT2D eigenvalue weighted by Gasteiger charge is 2.37. The number of ether oxygens (including phenoxy) is 1. The van der Waals surface area contributed by atoms with Crippen LogP contribution in [0.2, 0.25) is 0 Å². The van der Waals surface area contributed by atoms with Crippen molar-refractivity contribution >= 4 is 11.9 Å². The maximum atomic E-state index is 11.6. The molecule has 0 aliphatic carbocycles. The molecule has 0 aliphatic heterocycles. The fraction of sp³-hybridized carbons (Fsp3) is 0.846. The van der Waals surface area contributed by atoms with Crippen LogP contribution in [0.25, 0.3) is 0 Å². The van der Waals surface area contributed by atoms with Crippen molar-refractivity contribution in [1.29, 1.82) is 0 Å². The van der Waals surface area contributed by atoms with Crippen molar-refractivity contribution in [3.8, 4) is 0 Å². The molecular weight excluding hydrogens is 296 g/mol. The van der Waals surface area contributed by atoms with E-state index in [2.05, 4.69) is 15.4 Å². The van der Waals surface area contributed by atoms with Crippen molar-refractivity contribution in [2.45, 2.75) is 43.7 Å². The van der Waals surface area contributed by atoms with E-state index in [0.29, 0.717) is 13.0 Å². The molecule has 0 saturated carbocycles. The fourth-order valence-corrected chi connectivity index (χ4v) is 1.71. The molecule has 0 fully saturated rings. The number of hydrogen-bond donors (Lipinski definition) is 6. The summed E-state index contributed by atoms with van der Waals surface area (Å²) in [6, 6.07) is 0. The van der Waals surface area contributed by atoms with Gasteiger partial charge < -0.3 is 35.8 Å². The number of rotatable bonds is 11. The average molecular weight is 322 g/mol. The summed E-state index contributed by atoms with van der Waals surface area (Å²) >= 11 is 0. The summed E-state index contributed by atoms with van der Waals surface area (Å²) in [7, 11) is 2.83. The number of esters is 1. The van der Waals surface area contributed by atoms with Gasteiger partial charge in [-0.15, -0.1) is 0 Å². The molecule has 0 unspecified atom stereocenters. The molecule has 0 aliphatic rings. The zero-order valence-electron chi connectivity index (χ0n) is 12.9. The number of amides is 1. The van der Waals surface area contributed by atoms with E-state index in [1.807, 2.05) is 7.05 Å². The van der Waals surface area contributed by atoms with Gasteiger partial charge in [0, 0.05) is 6.54 Å². The number of carbonyl (C=O) groups is 2. The first-order valence-electron chi connectivity index (χ1n) is 7.09. The van der Waals surface area contributed by atoms with Gasteiger partial charge >= 0.3 is 5.97 Å². The zero-order chi connectivity index (χ0) is 17.1. The maximum absolute atomic E-state index is 11.6. The van der Waals surface area contributed by atoms with E-state index in [0.717, 1.165) is 26.5 Å². The third-order valence-electron chi connectivity index (χ3n) is 3.11. The Hall–Kier alpha value is -1.26. The lowest BCUT2D eigenvalue weighted by Crippen LogP contribution is -2.52. The monoisotopic (exact) mass is 322 g/mol. The van der Waals surface area contributed by atoms with Gasteiger partial charge in [-0.25, -0.2) is 4.79 Å². The Bertz CT molecular complexity index is 340. The fourth-order valence-electron chi connectivity index (χ4n) is 1.71. The lowest BCUT2D eigenvalue weighted by atomic mass is 10.0. The van der Waals surface area contributed by atoms with Crippen LogP contribution in [0.15, 0.2) is 0 Å². The smallest absolute Gasteiger partial charge is 0.337 e. The molecule has 22 heavy (non-hydrogen) atoms. The first-order chi connectivity index (χ1) is 10.4. The molecule has 6 N–H and O–H groups in total. The molecule has 0 aromatic carbocycles. The minimum Gasteiger partial charge on any atom is -0.467 e. The van der Waals surface area contributed by atoms with Crippen LogP contribution in [-0.2, 0) is 14.3 Å². The summed E-state index contributed by atoms with van der Waals surface area (Å²) in [4.78, 5) is 22.6. The van der Waals surface area contributed by atoms with Crippen LogP contribution in [0.4, 0.5) is 0 Å². The number of nitrogens with one attached hydrogen (secondary N) is 2. The van der Waals surface area contributed by atoms with E-state index in [1.165, 1.54) is 0 Å². The number of carbonyl (C=O) groups excluding carboxylic acids is 2. The molecule has 0 heterocycles. The second-order valence-corrected chi connectivity index (χ2v) is 4.85. The molecule has 4 atom stereocenters. The van der Waals surface area contributed by atoms with Gasteiger partial charge in [-0.05, 0) is 26.4 Å². The SMILES string of the molecule is CNCCCCCNC(=O)[C@@H](O)[C@H](O)[C@H](O)[C@@H](O)C(=O)OC. The van der Waals surface area contributed by atoms with E-state index < -0.39 is 36.3 Å². The molecule has 130 valence electrons. The molecule has 0 spiro atoms. The summed E-state index contributed by atoms with van der Waals surface area (Å²) < 4.78 is 4.19. The van der Waals surface area contributed by atoms with Gasteiger partial charge in [0.05, 0.1) is 7.11 Å². The van der Waals surface area contributed by atoms with Crippen molar-refractivity contribution in [2.24, 2.45) is 0 Å². The van der Waals surface area contributed by atoms with Crippen LogP contribution in [0.3, 0.4) is 0 Å². The van der Waals surface area contributed by atoms with Crippen LogP contribution in [0, 0.1) is 0 Å². The van der Waals surface area contributed by atoms with Gasteiger partial charge in [0.15, 0.2) is 12.2 Å². The molecule has 0 aromatic heterocycles. The topological polar surface area (TPSA) is 148 Å². The highest BCUT2D eigenvalue weighted by molar-refractivity contribution is 5.81. The van der Waals surface area contributed by atoms with E-state index in [4.69, 9.17) is 0 Å². The molecular formula is C13H26N2O7. The van der Waals surface area contributed by atoms with E-state index in [-0.39, 0.29) is 0 Å². The Morgan fingerprint density at radius 2 is 1.50 bits per heavy atom. The Balaban J connectivity index is 4.17. The summed E-state index contributed by atoms with van der Waals surface area (Å²) in [5, 5.41) is 43.5. The predicted molar refractivity (Wildman–Crippen MR) is 76.8 cm³/mol. The summed E-state index contributed by atoms with van der Waals surface area (Å²) in [6.07, 6.45) is -5.55. The Labute approximate surface area is 129 Å². The number of hydrogen-bond acceptors (Lipinski definition) is 8. The first kappa shape index (κ1) is 20.7. The Morgan fingerprint density at radius 3 is 2.05 bits per heavy atom. The van der Waals surface area contributed by atoms with Gasteiger partial charge in [-0.2, -0.15) is 0 Å². The largest absolute Gasteiger partial charge is 0.467 e. The molecule has 0 radical (unpaired) electrons. The lowest BCUT2D eigenvalue weighted by Gasteiger charge is -2.24. The highest BCUT2D eigenvalue weighted by Crippen LogP contribution is 2.07. The van der Waals surface area contributed by atoms with Crippen LogP contribution in [0.5, 0.6) is 0 Å². The summed E-state index contributed by atoms with van der Waals surface area (Å²) in [6.45, 7) is 1.18. The standard InChI is InChI=1S/C13H26N2O7/c1-14-6-4-3-5-7-15-12(20)10(18)8(16)9(17)11(19)13(21)22-2/h8-11,14,16-19H,3-7H2,1-2H3,(H,15,20)/t8-,9+,10+,11-/m1/s1. The lowest BCUT2D eigenvalue weighted by molar-refractivity contribution is -0.169. The van der Waals surface area contributed by atoms with Crippen molar-refractivity contribution in [1.82, 2.24) is 10.6 Å². The first-order valence-corrected chi connectivity index (χ1v) is 7.09. The minimum absolute atomic E-state index is 0.308. The van der Waals surface area contributed by atoms with Gasteiger partial charge in [0.1, 0.15) is 12.2 Å². The van der Waals surface area contributed by atoms with Crippen molar-refractivity contribution in [3.05, 3.63) is 0 Å². The molecule has 9 heteroatoms. The molecule has 0 rings (SSSR count). The van der Waals surface area contributed by atoms with Gasteiger partial charge in [0.25, 0.3) is 5.91 Å². The third kappa shape index (κ3) is 7.14. The highest BCUT2D eigenvalue weighted by atomic mass is 16.5. The number of aliphatic hydroxyl groups is 4. The molecule has 0 bridgehead atoms. The summed E-state index contributed by atoms with van der Waals surface area (Å²) in [5.74, 6) is -2.07. The summed E-state index contributed by atoms with van der Waals surface area (Å²) in [5.41, 5.74) is 0. The van der Waals surface area contributed by atoms with E-state index in [1.54, 1.807) is 0 Å². The average Bonchev–Trinajstić information content (AvgIpc) is 2.54. The van der Waals surface area contributed by atoms with Crippen LogP contribution < -0.4 is 10.6 Å². The van der Waals surface area contributed by atoms with Crippen molar-refractivity contribution in [3.63, 3.8) is 0 Å². The Kier molecular flexibility index (Phi) is 10.7. The van der Waals surface area contributed by atoms with Crippen LogP contribution in [0.1, 0.15) is 19.3 Å². The minimum atomic E-state index is -2.05. The number of unbranched alkanes of at least 4 members (excludes halogenated alkanes) is 2. The van der Waals surface area contributed by atoms with Gasteiger partial charge in [-0.1, -0.05) is 6.42 Å². The normalized spacial score (nSPS) is 16.5. The van der Waals surface area contributed by atoms with E-state index in [9.17, 15) is 30.0 Å². The second kappa shape index (κ2) is 11.3. The van der Waals surface area contributed by atoms with E-state index >= 15 is 0 Å². The molecule has 9 nitrogen and oxygen atoms in total. The molecule has 0 aromatic rings. The van der Waals surface area contributed by atoms with Crippen LogP contribution >= 0.6 is 0 Å². The second-order valence-electron chi connectivity index (χ2n) is 4.85. The zero-order valence-corrected chi connectivity index (χ0v) is 12.9.